The number of rotatable bonds is 8. The quantitative estimate of drug-likeness (QED) is 0.165. The second-order valence-corrected chi connectivity index (χ2v) is 7.49. The molecule has 3 heterocycles. The van der Waals surface area contributed by atoms with Crippen molar-refractivity contribution in [2.24, 2.45) is 5.11 Å². The van der Waals surface area contributed by atoms with Gasteiger partial charge < -0.3 is 23.9 Å². The number of nitrogens with zero attached hydrogens (tertiary/aromatic N) is 5. The van der Waals surface area contributed by atoms with Gasteiger partial charge in [-0.15, -0.1) is 0 Å². The van der Waals surface area contributed by atoms with E-state index in [1.165, 1.54) is 42.1 Å². The first-order valence-electron chi connectivity index (χ1n) is 9.10. The van der Waals surface area contributed by atoms with E-state index in [9.17, 15) is 9.59 Å². The summed E-state index contributed by atoms with van der Waals surface area (Å²) in [6.07, 6.45) is 2.91. The van der Waals surface area contributed by atoms with E-state index in [1.54, 1.807) is 27.0 Å². The normalized spacial score (nSPS) is 10.6. The molecular weight excluding hydrogens is 460 g/mol. The summed E-state index contributed by atoms with van der Waals surface area (Å²) in [5.74, 6) is -1.03. The molecule has 0 saturated carbocycles. The second-order valence-electron chi connectivity index (χ2n) is 5.47. The molecule has 0 saturated heterocycles. The maximum Gasteiger partial charge on any atom is 0.354 e. The molecule has 0 bridgehead atoms. The molecular formula is C18H20N6O6S2. The number of hydrogen-bond donors (Lipinski definition) is 1. The van der Waals surface area contributed by atoms with Crippen molar-refractivity contribution in [3.8, 4) is 10.4 Å². The summed E-state index contributed by atoms with van der Waals surface area (Å²) in [5.41, 5.74) is 9.32. The highest BCUT2D eigenvalue weighted by atomic mass is 32.1. The molecule has 0 atom stereocenters. The van der Waals surface area contributed by atoms with Crippen LogP contribution in [-0.4, -0.2) is 54.3 Å². The van der Waals surface area contributed by atoms with E-state index in [2.05, 4.69) is 25.0 Å². The molecule has 0 amide bonds. The van der Waals surface area contributed by atoms with Gasteiger partial charge in [-0.1, -0.05) is 27.8 Å². The van der Waals surface area contributed by atoms with Crippen LogP contribution >= 0.6 is 22.7 Å². The molecule has 0 radical (unpaired) electrons. The fourth-order valence-electron chi connectivity index (χ4n) is 2.15. The number of thiazole rings is 2. The molecule has 0 aliphatic rings. The number of aromatic nitrogens is 3. The molecule has 0 aliphatic carbocycles. The Kier molecular flexibility index (Phi) is 9.47. The lowest BCUT2D eigenvalue weighted by Crippen LogP contribution is -2.05. The first-order chi connectivity index (χ1) is 15.4. The average Bonchev–Trinajstić information content (AvgIpc) is 3.49. The molecule has 1 N–H and O–H groups in total. The fraction of sp³-hybridized carbons (Fsp3) is 0.333. The van der Waals surface area contributed by atoms with Crippen molar-refractivity contribution in [2.45, 2.75) is 13.8 Å². The molecule has 0 spiro atoms. The van der Waals surface area contributed by atoms with E-state index < -0.39 is 5.97 Å². The minimum absolute atomic E-state index is 0.111. The van der Waals surface area contributed by atoms with Crippen LogP contribution in [0.4, 0.5) is 0 Å². The van der Waals surface area contributed by atoms with Crippen LogP contribution in [0.5, 0.6) is 10.4 Å². The fourth-order valence-corrected chi connectivity index (χ4v) is 3.59. The van der Waals surface area contributed by atoms with Crippen LogP contribution in [0, 0.1) is 0 Å². The smallest absolute Gasteiger partial charge is 0.354 e. The summed E-state index contributed by atoms with van der Waals surface area (Å²) >= 11 is 2.60. The number of azide groups is 1. The van der Waals surface area contributed by atoms with Crippen molar-refractivity contribution in [2.75, 3.05) is 27.4 Å². The second kappa shape index (κ2) is 12.3. The summed E-state index contributed by atoms with van der Waals surface area (Å²) in [5, 5.41) is 4.31. The van der Waals surface area contributed by atoms with Gasteiger partial charge in [0.05, 0.1) is 37.0 Å². The van der Waals surface area contributed by atoms with Crippen LogP contribution < -0.4 is 9.47 Å². The predicted octanol–water partition coefficient (Wildman–Crippen LogP) is 4.18. The molecule has 0 aliphatic heterocycles. The number of ether oxygens (including phenoxy) is 4. The van der Waals surface area contributed by atoms with Crippen molar-refractivity contribution >= 4 is 51.0 Å². The third-order valence-corrected chi connectivity index (χ3v) is 5.29. The van der Waals surface area contributed by atoms with Crippen LogP contribution in [-0.2, 0) is 14.3 Å². The van der Waals surface area contributed by atoms with Gasteiger partial charge in [0.15, 0.2) is 5.65 Å². The molecule has 32 heavy (non-hydrogen) atoms. The molecule has 3 aromatic heterocycles. The number of methoxy groups -OCH3 is 2. The monoisotopic (exact) mass is 480 g/mol. The van der Waals surface area contributed by atoms with Crippen LogP contribution in [0.15, 0.2) is 23.1 Å². The van der Waals surface area contributed by atoms with E-state index >= 15 is 0 Å². The van der Waals surface area contributed by atoms with Gasteiger partial charge in [-0.3, -0.25) is 0 Å². The molecule has 0 unspecified atom stereocenters. The minimum Gasteiger partial charge on any atom is -0.473 e. The Labute approximate surface area is 190 Å². The third kappa shape index (κ3) is 6.70. The molecule has 3 aromatic rings. The standard InChI is InChI=1S/C9H10N4O3S.C9H10N2O3S/c1-3-16-8(14)7(12-13-10)4-6-5-11-9(15-2)17-6;1-3-14-8(12)5-4-6-7(10-5)11-9(13-2)15-6/h4-5H,3H2,1-2H3;4,10H,3H2,1-2H3/b7-4-;. The lowest BCUT2D eigenvalue weighted by molar-refractivity contribution is -0.138. The van der Waals surface area contributed by atoms with E-state index in [1.807, 2.05) is 0 Å². The first kappa shape index (κ1) is 24.7. The van der Waals surface area contributed by atoms with Gasteiger partial charge in [-0.05, 0) is 31.5 Å². The van der Waals surface area contributed by atoms with E-state index in [0.29, 0.717) is 33.2 Å². The Hall–Kier alpha value is -3.61. The van der Waals surface area contributed by atoms with Gasteiger partial charge in [0.25, 0.3) is 10.4 Å². The van der Waals surface area contributed by atoms with Gasteiger partial charge in [-0.2, -0.15) is 4.98 Å². The van der Waals surface area contributed by atoms with E-state index in [-0.39, 0.29) is 18.3 Å². The Morgan fingerprint density at radius 2 is 1.91 bits per heavy atom. The van der Waals surface area contributed by atoms with Crippen molar-refractivity contribution < 1.29 is 28.5 Å². The SMILES string of the molecule is CCOC(=O)/C(=C/c1cnc(OC)s1)N=[N+]=[N-].CCOC(=O)c1cc2sc(OC)nc2[nH]1. The van der Waals surface area contributed by atoms with Crippen molar-refractivity contribution in [3.05, 3.63) is 39.0 Å². The maximum atomic E-state index is 11.4. The van der Waals surface area contributed by atoms with Crippen molar-refractivity contribution in [1.29, 1.82) is 0 Å². The van der Waals surface area contributed by atoms with Crippen molar-refractivity contribution in [3.63, 3.8) is 0 Å². The van der Waals surface area contributed by atoms with Gasteiger partial charge >= 0.3 is 11.9 Å². The third-order valence-electron chi connectivity index (χ3n) is 3.43. The van der Waals surface area contributed by atoms with Gasteiger partial charge in [0.2, 0.25) is 0 Å². The number of esters is 2. The number of fused-ring (bicyclic) bond motifs is 1. The predicted molar refractivity (Wildman–Crippen MR) is 119 cm³/mol. The zero-order chi connectivity index (χ0) is 23.5. The number of H-pyrrole nitrogens is 1. The van der Waals surface area contributed by atoms with Crippen LogP contribution in [0.2, 0.25) is 0 Å². The summed E-state index contributed by atoms with van der Waals surface area (Å²) in [4.78, 5) is 36.9. The van der Waals surface area contributed by atoms with Gasteiger partial charge in [-0.25, -0.2) is 14.6 Å². The van der Waals surface area contributed by atoms with Crippen molar-refractivity contribution in [1.82, 2.24) is 15.0 Å². The highest BCUT2D eigenvalue weighted by Gasteiger charge is 2.13. The number of aromatic amines is 1. The van der Waals surface area contributed by atoms with Crippen LogP contribution in [0.25, 0.3) is 26.9 Å². The Balaban J connectivity index is 0.000000228. The molecule has 3 rings (SSSR count). The van der Waals surface area contributed by atoms with E-state index in [0.717, 1.165) is 4.70 Å². The first-order valence-corrected chi connectivity index (χ1v) is 10.7. The zero-order valence-electron chi connectivity index (χ0n) is 17.6. The summed E-state index contributed by atoms with van der Waals surface area (Å²) in [7, 11) is 3.05. The Bertz CT molecular complexity index is 1110. The minimum atomic E-state index is -0.669. The van der Waals surface area contributed by atoms with Crippen LogP contribution in [0.3, 0.4) is 0 Å². The Morgan fingerprint density at radius 1 is 1.19 bits per heavy atom. The highest BCUT2D eigenvalue weighted by molar-refractivity contribution is 7.20. The molecule has 0 fully saturated rings. The number of carbonyl (C=O) groups excluding carboxylic acids is 2. The molecule has 170 valence electrons. The summed E-state index contributed by atoms with van der Waals surface area (Å²) in [6.45, 7) is 4.01. The summed E-state index contributed by atoms with van der Waals surface area (Å²) < 4.78 is 20.4. The average molecular weight is 481 g/mol. The van der Waals surface area contributed by atoms with Gasteiger partial charge in [0.1, 0.15) is 11.4 Å². The lowest BCUT2D eigenvalue weighted by Gasteiger charge is -1.99. The molecule has 14 heteroatoms. The Morgan fingerprint density at radius 3 is 2.47 bits per heavy atom. The summed E-state index contributed by atoms with van der Waals surface area (Å²) in [6, 6.07) is 1.72. The number of nitrogens with one attached hydrogen (secondary N) is 1. The lowest BCUT2D eigenvalue weighted by atomic mass is 10.4. The van der Waals surface area contributed by atoms with E-state index in [4.69, 9.17) is 24.5 Å². The number of hydrogen-bond acceptors (Lipinski definition) is 11. The zero-order valence-corrected chi connectivity index (χ0v) is 19.3. The number of carbonyl (C=O) groups is 2. The largest absolute Gasteiger partial charge is 0.473 e. The molecule has 12 nitrogen and oxygen atoms in total. The highest BCUT2D eigenvalue weighted by Crippen LogP contribution is 2.28. The molecule has 0 aromatic carbocycles. The topological polar surface area (TPSA) is 161 Å². The van der Waals surface area contributed by atoms with Gasteiger partial charge in [0, 0.05) is 11.1 Å². The maximum absolute atomic E-state index is 11.4. The van der Waals surface area contributed by atoms with Crippen LogP contribution in [0.1, 0.15) is 29.2 Å².